The Morgan fingerprint density at radius 3 is 3.11 bits per heavy atom. The molecule has 0 spiro atoms. The molecule has 1 aromatic carbocycles. The number of aryl methyl sites for hydroxylation is 2. The predicted molar refractivity (Wildman–Crippen MR) is 81.9 cm³/mol. The number of anilines is 1. The number of piperidine rings is 1. The van der Waals surface area contributed by atoms with Gasteiger partial charge in [-0.1, -0.05) is 17.7 Å². The van der Waals surface area contributed by atoms with E-state index in [0.29, 0.717) is 6.04 Å². The minimum atomic E-state index is 0.695. The highest BCUT2D eigenvalue weighted by Gasteiger charge is 2.23. The van der Waals surface area contributed by atoms with Crippen molar-refractivity contribution >= 4 is 5.69 Å². The number of benzene rings is 1. The first-order valence-electron chi connectivity index (χ1n) is 7.80. The highest BCUT2D eigenvalue weighted by Crippen LogP contribution is 2.30. The Morgan fingerprint density at radius 2 is 2.26 bits per heavy atom. The van der Waals surface area contributed by atoms with E-state index in [1.54, 1.807) is 5.56 Å². The van der Waals surface area contributed by atoms with Gasteiger partial charge in [0.1, 0.15) is 0 Å². The first-order chi connectivity index (χ1) is 9.22. The molecule has 0 amide bonds. The minimum absolute atomic E-state index is 0.695. The second-order valence-corrected chi connectivity index (χ2v) is 6.43. The van der Waals surface area contributed by atoms with Crippen LogP contribution >= 0.6 is 0 Å². The highest BCUT2D eigenvalue weighted by atomic mass is 15.1. The molecule has 1 saturated heterocycles. The summed E-state index contributed by atoms with van der Waals surface area (Å²) >= 11 is 0. The maximum absolute atomic E-state index is 3.56. The molecule has 2 aliphatic rings. The summed E-state index contributed by atoms with van der Waals surface area (Å²) in [5, 5.41) is 3.56. The summed E-state index contributed by atoms with van der Waals surface area (Å²) in [7, 11) is 0. The molecule has 19 heavy (non-hydrogen) atoms. The molecule has 0 radical (unpaired) electrons. The lowest BCUT2D eigenvalue weighted by Crippen LogP contribution is -2.42. The van der Waals surface area contributed by atoms with Crippen molar-refractivity contribution in [2.45, 2.75) is 45.6 Å². The van der Waals surface area contributed by atoms with Gasteiger partial charge in [0.2, 0.25) is 0 Å². The summed E-state index contributed by atoms with van der Waals surface area (Å²) in [4.78, 5) is 2.64. The first kappa shape index (κ1) is 13.0. The average Bonchev–Trinajstić information content (AvgIpc) is 2.38. The third-order valence-corrected chi connectivity index (χ3v) is 4.66. The Hall–Kier alpha value is -1.02. The summed E-state index contributed by atoms with van der Waals surface area (Å²) in [5.74, 6) is 0.864. The summed E-state index contributed by atoms with van der Waals surface area (Å²) < 4.78 is 0. The summed E-state index contributed by atoms with van der Waals surface area (Å²) in [5.41, 5.74) is 4.47. The molecule has 1 fully saturated rings. The van der Waals surface area contributed by atoms with Gasteiger partial charge in [0.15, 0.2) is 0 Å². The molecule has 0 saturated carbocycles. The number of hydrogen-bond acceptors (Lipinski definition) is 2. The van der Waals surface area contributed by atoms with Crippen LogP contribution in [0.5, 0.6) is 0 Å². The standard InChI is InChI=1S/C17H26N2/c1-13-5-6-17-16(10-13)4-3-9-19(17)12-15-7-8-18-14(2)11-15/h5-6,10,14-15,18H,3-4,7-9,11-12H2,1-2H3. The number of nitrogens with one attached hydrogen (secondary N) is 1. The van der Waals surface area contributed by atoms with Gasteiger partial charge >= 0.3 is 0 Å². The first-order valence-corrected chi connectivity index (χ1v) is 7.80. The van der Waals surface area contributed by atoms with Crippen LogP contribution in [-0.2, 0) is 6.42 Å². The van der Waals surface area contributed by atoms with Gasteiger partial charge in [-0.15, -0.1) is 0 Å². The van der Waals surface area contributed by atoms with Gasteiger partial charge < -0.3 is 10.2 Å². The van der Waals surface area contributed by atoms with Gasteiger partial charge in [-0.3, -0.25) is 0 Å². The molecule has 2 atom stereocenters. The molecule has 0 bridgehead atoms. The molecule has 2 heteroatoms. The van der Waals surface area contributed by atoms with Gasteiger partial charge in [-0.05, 0) is 63.6 Å². The Kier molecular flexibility index (Phi) is 3.79. The fourth-order valence-corrected chi connectivity index (χ4v) is 3.71. The lowest BCUT2D eigenvalue weighted by molar-refractivity contribution is 0.315. The monoisotopic (exact) mass is 258 g/mol. The lowest BCUT2D eigenvalue weighted by Gasteiger charge is -2.37. The summed E-state index contributed by atoms with van der Waals surface area (Å²) in [6.07, 6.45) is 5.24. The maximum Gasteiger partial charge on any atom is 0.0399 e. The molecule has 0 aliphatic carbocycles. The van der Waals surface area contributed by atoms with Crippen molar-refractivity contribution in [1.29, 1.82) is 0 Å². The van der Waals surface area contributed by atoms with Gasteiger partial charge in [-0.2, -0.15) is 0 Å². The zero-order valence-corrected chi connectivity index (χ0v) is 12.3. The van der Waals surface area contributed by atoms with Crippen LogP contribution in [0.15, 0.2) is 18.2 Å². The molecule has 1 N–H and O–H groups in total. The van der Waals surface area contributed by atoms with Crippen molar-refractivity contribution < 1.29 is 0 Å². The van der Waals surface area contributed by atoms with Crippen molar-refractivity contribution in [1.82, 2.24) is 5.32 Å². The summed E-state index contributed by atoms with van der Waals surface area (Å²) in [6, 6.07) is 7.68. The summed E-state index contributed by atoms with van der Waals surface area (Å²) in [6.45, 7) is 8.21. The Morgan fingerprint density at radius 1 is 1.37 bits per heavy atom. The topological polar surface area (TPSA) is 15.3 Å². The van der Waals surface area contributed by atoms with Crippen LogP contribution in [0.4, 0.5) is 5.69 Å². The van der Waals surface area contributed by atoms with E-state index >= 15 is 0 Å². The smallest absolute Gasteiger partial charge is 0.0399 e. The SMILES string of the molecule is Cc1ccc2c(c1)CCCN2CC1CCNC(C)C1. The van der Waals surface area contributed by atoms with E-state index in [1.807, 2.05) is 0 Å². The van der Waals surface area contributed by atoms with Crippen molar-refractivity contribution in [3.8, 4) is 0 Å². The number of fused-ring (bicyclic) bond motifs is 1. The van der Waals surface area contributed by atoms with E-state index in [9.17, 15) is 0 Å². The van der Waals surface area contributed by atoms with Crippen LogP contribution in [0, 0.1) is 12.8 Å². The molecule has 2 nitrogen and oxygen atoms in total. The second-order valence-electron chi connectivity index (χ2n) is 6.43. The van der Waals surface area contributed by atoms with Crippen molar-refractivity contribution in [2.24, 2.45) is 5.92 Å². The normalized spacial score (nSPS) is 27.2. The van der Waals surface area contributed by atoms with E-state index in [0.717, 1.165) is 5.92 Å². The molecule has 2 aliphatic heterocycles. The van der Waals surface area contributed by atoms with Crippen LogP contribution in [0.25, 0.3) is 0 Å². The Labute approximate surface area is 117 Å². The van der Waals surface area contributed by atoms with Crippen LogP contribution in [0.2, 0.25) is 0 Å². The van der Waals surface area contributed by atoms with E-state index in [4.69, 9.17) is 0 Å². The van der Waals surface area contributed by atoms with Crippen LogP contribution in [-0.4, -0.2) is 25.7 Å². The van der Waals surface area contributed by atoms with Crippen LogP contribution < -0.4 is 10.2 Å². The lowest BCUT2D eigenvalue weighted by atomic mass is 9.91. The Balaban J connectivity index is 1.72. The predicted octanol–water partition coefficient (Wildman–Crippen LogP) is 3.14. The molecule has 1 aromatic rings. The van der Waals surface area contributed by atoms with Crippen molar-refractivity contribution in [2.75, 3.05) is 24.5 Å². The Bertz CT molecular complexity index is 441. The van der Waals surface area contributed by atoms with Gasteiger partial charge in [-0.25, -0.2) is 0 Å². The van der Waals surface area contributed by atoms with Crippen LogP contribution in [0.3, 0.4) is 0 Å². The third kappa shape index (κ3) is 2.94. The fourth-order valence-electron chi connectivity index (χ4n) is 3.71. The second kappa shape index (κ2) is 5.54. The third-order valence-electron chi connectivity index (χ3n) is 4.66. The largest absolute Gasteiger partial charge is 0.371 e. The van der Waals surface area contributed by atoms with Gasteiger partial charge in [0.05, 0.1) is 0 Å². The van der Waals surface area contributed by atoms with E-state index in [2.05, 4.69) is 42.3 Å². The molecule has 0 aromatic heterocycles. The zero-order chi connectivity index (χ0) is 13.2. The molecule has 3 rings (SSSR count). The van der Waals surface area contributed by atoms with E-state index in [-0.39, 0.29) is 0 Å². The molecule has 2 heterocycles. The number of nitrogens with zero attached hydrogens (tertiary/aromatic N) is 1. The molecular weight excluding hydrogens is 232 g/mol. The molecular formula is C17H26N2. The van der Waals surface area contributed by atoms with Crippen LogP contribution in [0.1, 0.15) is 37.3 Å². The average molecular weight is 258 g/mol. The molecule has 104 valence electrons. The number of hydrogen-bond donors (Lipinski definition) is 1. The minimum Gasteiger partial charge on any atom is -0.371 e. The van der Waals surface area contributed by atoms with Crippen molar-refractivity contribution in [3.63, 3.8) is 0 Å². The highest BCUT2D eigenvalue weighted by molar-refractivity contribution is 5.56. The van der Waals surface area contributed by atoms with Gasteiger partial charge in [0.25, 0.3) is 0 Å². The maximum atomic E-state index is 3.56. The molecule has 2 unspecified atom stereocenters. The fraction of sp³-hybridized carbons (Fsp3) is 0.647. The van der Waals surface area contributed by atoms with E-state index in [1.165, 1.54) is 56.6 Å². The number of rotatable bonds is 2. The van der Waals surface area contributed by atoms with Gasteiger partial charge in [0, 0.05) is 24.8 Å². The van der Waals surface area contributed by atoms with E-state index < -0.39 is 0 Å². The zero-order valence-electron chi connectivity index (χ0n) is 12.3. The quantitative estimate of drug-likeness (QED) is 0.876. The van der Waals surface area contributed by atoms with Crippen molar-refractivity contribution in [3.05, 3.63) is 29.3 Å².